The average molecular weight is 191 g/mol. The number of aryl methyl sites for hydroxylation is 1. The van der Waals surface area contributed by atoms with Crippen LogP contribution < -0.4 is 5.32 Å². The Morgan fingerprint density at radius 1 is 1.14 bits per heavy atom. The number of hydrogen-bond donors (Lipinski definition) is 1. The molecule has 1 aromatic rings. The molecule has 0 spiro atoms. The maximum absolute atomic E-state index is 3.45. The lowest BCUT2D eigenvalue weighted by atomic mass is 10.1. The molecular formula is C13H21N. The molecule has 0 radical (unpaired) electrons. The first-order chi connectivity index (χ1) is 6.68. The Labute approximate surface area is 87.5 Å². The summed E-state index contributed by atoms with van der Waals surface area (Å²) in [7, 11) is 0. The van der Waals surface area contributed by atoms with Crippen LogP contribution in [-0.4, -0.2) is 13.1 Å². The van der Waals surface area contributed by atoms with Crippen molar-refractivity contribution in [1.82, 2.24) is 5.32 Å². The van der Waals surface area contributed by atoms with Crippen LogP contribution in [0, 0.1) is 12.8 Å². The smallest absolute Gasteiger partial charge is 0.000824 e. The van der Waals surface area contributed by atoms with Gasteiger partial charge in [0.1, 0.15) is 0 Å². The molecule has 0 atom stereocenters. The molecule has 1 rings (SSSR count). The fourth-order valence-electron chi connectivity index (χ4n) is 1.38. The zero-order chi connectivity index (χ0) is 10.4. The highest BCUT2D eigenvalue weighted by Crippen LogP contribution is 2.03. The number of rotatable bonds is 5. The number of nitrogens with one attached hydrogen (secondary N) is 1. The van der Waals surface area contributed by atoms with E-state index in [4.69, 9.17) is 0 Å². The minimum absolute atomic E-state index is 0.744. The summed E-state index contributed by atoms with van der Waals surface area (Å²) in [5.41, 5.74) is 2.76. The van der Waals surface area contributed by atoms with Crippen LogP contribution in [0.1, 0.15) is 25.0 Å². The van der Waals surface area contributed by atoms with Crippen molar-refractivity contribution < 1.29 is 0 Å². The largest absolute Gasteiger partial charge is 0.316 e. The van der Waals surface area contributed by atoms with E-state index in [9.17, 15) is 0 Å². The normalized spacial score (nSPS) is 10.9. The highest BCUT2D eigenvalue weighted by molar-refractivity contribution is 5.21. The molecule has 0 amide bonds. The molecule has 0 heterocycles. The van der Waals surface area contributed by atoms with E-state index in [0.717, 1.165) is 25.4 Å². The van der Waals surface area contributed by atoms with Gasteiger partial charge in [0.2, 0.25) is 0 Å². The highest BCUT2D eigenvalue weighted by atomic mass is 14.8. The van der Waals surface area contributed by atoms with Crippen molar-refractivity contribution in [2.24, 2.45) is 5.92 Å². The quantitative estimate of drug-likeness (QED) is 0.706. The third-order valence-corrected chi connectivity index (χ3v) is 2.26. The highest BCUT2D eigenvalue weighted by Gasteiger charge is 1.94. The van der Waals surface area contributed by atoms with Crippen LogP contribution in [0.5, 0.6) is 0 Å². The monoisotopic (exact) mass is 191 g/mol. The van der Waals surface area contributed by atoms with Crippen molar-refractivity contribution in [3.63, 3.8) is 0 Å². The molecule has 1 aromatic carbocycles. The van der Waals surface area contributed by atoms with Gasteiger partial charge in [0.05, 0.1) is 0 Å². The maximum Gasteiger partial charge on any atom is -0.000824 e. The zero-order valence-corrected chi connectivity index (χ0v) is 9.51. The summed E-state index contributed by atoms with van der Waals surface area (Å²) in [6.45, 7) is 8.80. The lowest BCUT2D eigenvalue weighted by Crippen LogP contribution is -2.22. The molecule has 1 N–H and O–H groups in total. The summed E-state index contributed by atoms with van der Waals surface area (Å²) < 4.78 is 0. The molecular weight excluding hydrogens is 170 g/mol. The summed E-state index contributed by atoms with van der Waals surface area (Å²) >= 11 is 0. The third-order valence-electron chi connectivity index (χ3n) is 2.26. The molecule has 0 aliphatic rings. The van der Waals surface area contributed by atoms with Gasteiger partial charge in [-0.15, -0.1) is 0 Å². The van der Waals surface area contributed by atoms with Crippen molar-refractivity contribution >= 4 is 0 Å². The summed E-state index contributed by atoms with van der Waals surface area (Å²) in [6, 6.07) is 8.79. The van der Waals surface area contributed by atoms with E-state index < -0.39 is 0 Å². The van der Waals surface area contributed by atoms with E-state index in [0.29, 0.717) is 0 Å². The van der Waals surface area contributed by atoms with Crippen LogP contribution in [-0.2, 0) is 6.42 Å². The molecule has 78 valence electrons. The molecule has 0 aliphatic heterocycles. The van der Waals surface area contributed by atoms with Crippen molar-refractivity contribution in [2.75, 3.05) is 13.1 Å². The molecule has 0 bridgehead atoms. The summed E-state index contributed by atoms with van der Waals surface area (Å²) in [6.07, 6.45) is 1.13. The lowest BCUT2D eigenvalue weighted by molar-refractivity contribution is 0.554. The van der Waals surface area contributed by atoms with E-state index in [1.807, 2.05) is 0 Å². The van der Waals surface area contributed by atoms with Crippen molar-refractivity contribution in [3.8, 4) is 0 Å². The van der Waals surface area contributed by atoms with Gasteiger partial charge in [-0.3, -0.25) is 0 Å². The molecule has 0 fully saturated rings. The lowest BCUT2D eigenvalue weighted by Gasteiger charge is -2.07. The molecule has 0 aromatic heterocycles. The zero-order valence-electron chi connectivity index (χ0n) is 9.51. The van der Waals surface area contributed by atoms with Gasteiger partial charge in [0, 0.05) is 0 Å². The van der Waals surface area contributed by atoms with Crippen LogP contribution >= 0.6 is 0 Å². The molecule has 0 saturated carbocycles. The average Bonchev–Trinajstić information content (AvgIpc) is 2.15. The Bertz CT molecular complexity index is 248. The Hall–Kier alpha value is -0.820. The van der Waals surface area contributed by atoms with Gasteiger partial charge in [0.15, 0.2) is 0 Å². The number of benzene rings is 1. The van der Waals surface area contributed by atoms with E-state index >= 15 is 0 Å². The summed E-state index contributed by atoms with van der Waals surface area (Å²) in [5.74, 6) is 0.744. The maximum atomic E-state index is 3.45. The van der Waals surface area contributed by atoms with Gasteiger partial charge in [0.25, 0.3) is 0 Å². The van der Waals surface area contributed by atoms with Crippen LogP contribution in [0.3, 0.4) is 0 Å². The first-order valence-electron chi connectivity index (χ1n) is 5.44. The first kappa shape index (κ1) is 11.3. The van der Waals surface area contributed by atoms with E-state index in [2.05, 4.69) is 50.4 Å². The standard InChI is InChI=1S/C13H21N/c1-11(2)10-14-9-8-13-6-4-12(3)5-7-13/h4-7,11,14H,8-10H2,1-3H3. The van der Waals surface area contributed by atoms with Crippen LogP contribution in [0.4, 0.5) is 0 Å². The van der Waals surface area contributed by atoms with Gasteiger partial charge >= 0.3 is 0 Å². The Morgan fingerprint density at radius 2 is 1.79 bits per heavy atom. The van der Waals surface area contributed by atoms with Crippen LogP contribution in [0.25, 0.3) is 0 Å². The van der Waals surface area contributed by atoms with Crippen molar-refractivity contribution in [2.45, 2.75) is 27.2 Å². The summed E-state index contributed by atoms with van der Waals surface area (Å²) in [5, 5.41) is 3.45. The van der Waals surface area contributed by atoms with Gasteiger partial charge in [-0.25, -0.2) is 0 Å². The minimum atomic E-state index is 0.744. The predicted molar refractivity (Wildman–Crippen MR) is 62.6 cm³/mol. The van der Waals surface area contributed by atoms with E-state index in [1.54, 1.807) is 0 Å². The third kappa shape index (κ3) is 4.43. The van der Waals surface area contributed by atoms with Crippen molar-refractivity contribution in [3.05, 3.63) is 35.4 Å². The van der Waals surface area contributed by atoms with E-state index in [1.165, 1.54) is 11.1 Å². The number of hydrogen-bond acceptors (Lipinski definition) is 1. The van der Waals surface area contributed by atoms with Gasteiger partial charge in [-0.2, -0.15) is 0 Å². The fourth-order valence-corrected chi connectivity index (χ4v) is 1.38. The second-order valence-electron chi connectivity index (χ2n) is 4.33. The van der Waals surface area contributed by atoms with Gasteiger partial charge < -0.3 is 5.32 Å². The second-order valence-corrected chi connectivity index (χ2v) is 4.33. The molecule has 1 heteroatoms. The molecule has 0 unspecified atom stereocenters. The van der Waals surface area contributed by atoms with Crippen LogP contribution in [0.15, 0.2) is 24.3 Å². The predicted octanol–water partition coefficient (Wildman–Crippen LogP) is 2.78. The molecule has 0 saturated heterocycles. The Morgan fingerprint density at radius 3 is 2.36 bits per heavy atom. The minimum Gasteiger partial charge on any atom is -0.316 e. The van der Waals surface area contributed by atoms with Crippen LogP contribution in [0.2, 0.25) is 0 Å². The Kier molecular flexibility index (Phi) is 4.68. The molecule has 1 nitrogen and oxygen atoms in total. The topological polar surface area (TPSA) is 12.0 Å². The summed E-state index contributed by atoms with van der Waals surface area (Å²) in [4.78, 5) is 0. The second kappa shape index (κ2) is 5.82. The fraction of sp³-hybridized carbons (Fsp3) is 0.538. The molecule has 0 aliphatic carbocycles. The SMILES string of the molecule is Cc1ccc(CCNCC(C)C)cc1. The van der Waals surface area contributed by atoms with Gasteiger partial charge in [-0.1, -0.05) is 43.7 Å². The molecule has 14 heavy (non-hydrogen) atoms. The first-order valence-corrected chi connectivity index (χ1v) is 5.44. The van der Waals surface area contributed by atoms with E-state index in [-0.39, 0.29) is 0 Å². The Balaban J connectivity index is 2.21. The van der Waals surface area contributed by atoms with Gasteiger partial charge in [-0.05, 0) is 37.9 Å². The van der Waals surface area contributed by atoms with Crippen molar-refractivity contribution in [1.29, 1.82) is 0 Å².